The zero-order valence-electron chi connectivity index (χ0n) is 13.8. The van der Waals surface area contributed by atoms with Crippen LogP contribution >= 0.6 is 0 Å². The van der Waals surface area contributed by atoms with Gasteiger partial charge in [-0.25, -0.2) is 9.07 Å². The minimum Gasteiger partial charge on any atom is -0.273 e. The lowest BCUT2D eigenvalue weighted by Gasteiger charge is -2.09. The van der Waals surface area contributed by atoms with E-state index < -0.39 is 17.6 Å². The Morgan fingerprint density at radius 1 is 1.04 bits per heavy atom. The number of amides is 2. The summed E-state index contributed by atoms with van der Waals surface area (Å²) in [6.07, 6.45) is -0.127. The van der Waals surface area contributed by atoms with Gasteiger partial charge in [0.1, 0.15) is 5.82 Å². The Morgan fingerprint density at radius 3 is 2.38 bits per heavy atom. The van der Waals surface area contributed by atoms with Crippen molar-refractivity contribution in [3.8, 4) is 0 Å². The summed E-state index contributed by atoms with van der Waals surface area (Å²) in [6.45, 7) is 0. The first-order chi connectivity index (χ1) is 12.5. The number of nitrogens with zero attached hydrogens (tertiary/aromatic N) is 2. The van der Waals surface area contributed by atoms with Crippen molar-refractivity contribution in [2.45, 2.75) is 6.42 Å². The van der Waals surface area contributed by atoms with Gasteiger partial charge in [-0.2, -0.15) is 5.10 Å². The number of aromatic nitrogens is 2. The molecule has 3 rings (SSSR count). The van der Waals surface area contributed by atoms with Crippen LogP contribution in [0, 0.1) is 5.82 Å². The van der Waals surface area contributed by atoms with Crippen molar-refractivity contribution in [2.75, 3.05) is 0 Å². The lowest BCUT2D eigenvalue weighted by atomic mass is 10.1. The van der Waals surface area contributed by atoms with Crippen LogP contribution in [0.2, 0.25) is 0 Å². The number of hydrogen-bond acceptors (Lipinski definition) is 4. The quantitative estimate of drug-likeness (QED) is 0.688. The molecule has 8 heteroatoms. The molecule has 0 aliphatic rings. The predicted octanol–water partition coefficient (Wildman–Crippen LogP) is 1.08. The maximum Gasteiger partial charge on any atom is 0.274 e. The first kappa shape index (κ1) is 17.3. The van der Waals surface area contributed by atoms with E-state index >= 15 is 0 Å². The van der Waals surface area contributed by atoms with Crippen LogP contribution in [0.5, 0.6) is 0 Å². The van der Waals surface area contributed by atoms with Crippen molar-refractivity contribution in [1.82, 2.24) is 20.6 Å². The fraction of sp³-hybridized carbons (Fsp3) is 0.111. The third kappa shape index (κ3) is 3.59. The van der Waals surface area contributed by atoms with Gasteiger partial charge in [0.15, 0.2) is 0 Å². The van der Waals surface area contributed by atoms with Crippen LogP contribution in [0.4, 0.5) is 4.39 Å². The molecule has 1 aromatic heterocycles. The standard InChI is InChI=1S/C18H15FN4O3/c1-23-18(26)14-5-3-2-4-13(14)15(22-23)10-16(24)20-21-17(25)11-6-8-12(19)9-7-11/h2-9H,10H2,1H3,(H,20,24)(H,21,25). The van der Waals surface area contributed by atoms with E-state index in [0.717, 1.165) is 12.1 Å². The number of carbonyl (C=O) groups is 2. The molecule has 0 saturated carbocycles. The molecule has 0 unspecified atom stereocenters. The average molecular weight is 354 g/mol. The summed E-state index contributed by atoms with van der Waals surface area (Å²) >= 11 is 0. The number of hydrazine groups is 1. The molecule has 7 nitrogen and oxygen atoms in total. The highest BCUT2D eigenvalue weighted by Crippen LogP contribution is 2.13. The number of benzene rings is 2. The molecule has 2 N–H and O–H groups in total. The van der Waals surface area contributed by atoms with Crippen molar-refractivity contribution in [2.24, 2.45) is 7.05 Å². The van der Waals surface area contributed by atoms with Crippen LogP contribution < -0.4 is 16.4 Å². The van der Waals surface area contributed by atoms with Crippen molar-refractivity contribution in [1.29, 1.82) is 0 Å². The third-order valence-corrected chi connectivity index (χ3v) is 3.78. The van der Waals surface area contributed by atoms with Crippen molar-refractivity contribution in [3.05, 3.63) is 76.0 Å². The molecule has 1 heterocycles. The molecule has 0 spiro atoms. The van der Waals surface area contributed by atoms with E-state index in [1.807, 2.05) is 0 Å². The van der Waals surface area contributed by atoms with Crippen LogP contribution in [0.3, 0.4) is 0 Å². The molecule has 2 aromatic carbocycles. The minimum absolute atomic E-state index is 0.127. The summed E-state index contributed by atoms with van der Waals surface area (Å²) in [4.78, 5) is 36.1. The molecule has 0 radical (unpaired) electrons. The van der Waals surface area contributed by atoms with Crippen LogP contribution in [-0.2, 0) is 18.3 Å². The Hall–Kier alpha value is -3.55. The number of fused-ring (bicyclic) bond motifs is 1. The van der Waals surface area contributed by atoms with Gasteiger partial charge in [-0.3, -0.25) is 25.2 Å². The highest BCUT2D eigenvalue weighted by molar-refractivity contribution is 5.96. The van der Waals surface area contributed by atoms with Crippen molar-refractivity contribution >= 4 is 22.6 Å². The SMILES string of the molecule is Cn1nc(CC(=O)NNC(=O)c2ccc(F)cc2)c2ccccc2c1=O. The van der Waals surface area contributed by atoms with Gasteiger partial charge in [0.25, 0.3) is 11.5 Å². The highest BCUT2D eigenvalue weighted by Gasteiger charge is 2.13. The zero-order chi connectivity index (χ0) is 18.7. The Balaban J connectivity index is 1.72. The summed E-state index contributed by atoms with van der Waals surface area (Å²) in [7, 11) is 1.51. The number of halogens is 1. The van der Waals surface area contributed by atoms with E-state index in [1.165, 1.54) is 23.9 Å². The second-order valence-electron chi connectivity index (χ2n) is 5.61. The summed E-state index contributed by atoms with van der Waals surface area (Å²) in [6, 6.07) is 11.8. The maximum absolute atomic E-state index is 12.9. The van der Waals surface area contributed by atoms with Crippen molar-refractivity contribution in [3.63, 3.8) is 0 Å². The highest BCUT2D eigenvalue weighted by atomic mass is 19.1. The topological polar surface area (TPSA) is 93.1 Å². The average Bonchev–Trinajstić information content (AvgIpc) is 2.64. The van der Waals surface area contributed by atoms with Gasteiger partial charge in [-0.15, -0.1) is 0 Å². The first-order valence-electron chi connectivity index (χ1n) is 7.75. The van der Waals surface area contributed by atoms with Gasteiger partial charge in [0, 0.05) is 18.0 Å². The van der Waals surface area contributed by atoms with Crippen LogP contribution in [0.15, 0.2) is 53.3 Å². The molecule has 0 aliphatic carbocycles. The molecular weight excluding hydrogens is 339 g/mol. The monoisotopic (exact) mass is 354 g/mol. The van der Waals surface area contributed by atoms with Gasteiger partial charge >= 0.3 is 0 Å². The second-order valence-corrected chi connectivity index (χ2v) is 5.61. The third-order valence-electron chi connectivity index (χ3n) is 3.78. The normalized spacial score (nSPS) is 10.5. The van der Waals surface area contributed by atoms with Gasteiger partial charge in [0.05, 0.1) is 17.5 Å². The molecule has 0 saturated heterocycles. The maximum atomic E-state index is 12.9. The molecular formula is C18H15FN4O3. The van der Waals surface area contributed by atoms with Crippen LogP contribution in [0.25, 0.3) is 10.8 Å². The molecule has 0 atom stereocenters. The van der Waals surface area contributed by atoms with E-state index in [9.17, 15) is 18.8 Å². The number of hydrogen-bond donors (Lipinski definition) is 2. The fourth-order valence-corrected chi connectivity index (χ4v) is 2.50. The zero-order valence-corrected chi connectivity index (χ0v) is 13.8. The molecule has 0 fully saturated rings. The fourth-order valence-electron chi connectivity index (χ4n) is 2.50. The van der Waals surface area contributed by atoms with Gasteiger partial charge in [-0.1, -0.05) is 18.2 Å². The summed E-state index contributed by atoms with van der Waals surface area (Å²) < 4.78 is 14.0. The smallest absolute Gasteiger partial charge is 0.273 e. The molecule has 3 aromatic rings. The lowest BCUT2D eigenvalue weighted by Crippen LogP contribution is -2.42. The number of rotatable bonds is 3. The van der Waals surface area contributed by atoms with Crippen LogP contribution in [-0.4, -0.2) is 21.6 Å². The van der Waals surface area contributed by atoms with E-state index in [1.54, 1.807) is 24.3 Å². The molecule has 26 heavy (non-hydrogen) atoms. The van der Waals surface area contributed by atoms with Gasteiger partial charge in [-0.05, 0) is 30.3 Å². The van der Waals surface area contributed by atoms with E-state index in [2.05, 4.69) is 16.0 Å². The summed E-state index contributed by atoms with van der Waals surface area (Å²) in [5.74, 6) is -1.54. The Bertz CT molecular complexity index is 1040. The van der Waals surface area contributed by atoms with E-state index in [4.69, 9.17) is 0 Å². The molecule has 0 bridgehead atoms. The summed E-state index contributed by atoms with van der Waals surface area (Å²) in [5, 5.41) is 5.17. The van der Waals surface area contributed by atoms with E-state index in [0.29, 0.717) is 16.5 Å². The molecule has 132 valence electrons. The predicted molar refractivity (Wildman–Crippen MR) is 92.7 cm³/mol. The Morgan fingerprint density at radius 2 is 1.69 bits per heavy atom. The van der Waals surface area contributed by atoms with Gasteiger partial charge < -0.3 is 0 Å². The second kappa shape index (κ2) is 7.14. The van der Waals surface area contributed by atoms with Crippen molar-refractivity contribution < 1.29 is 14.0 Å². The van der Waals surface area contributed by atoms with Gasteiger partial charge in [0.2, 0.25) is 5.91 Å². The minimum atomic E-state index is -0.573. The lowest BCUT2D eigenvalue weighted by molar-refractivity contribution is -0.121. The van der Waals surface area contributed by atoms with Crippen LogP contribution in [0.1, 0.15) is 16.1 Å². The number of aryl methyl sites for hydroxylation is 1. The Labute approximate surface area is 147 Å². The largest absolute Gasteiger partial charge is 0.274 e. The molecule has 0 aliphatic heterocycles. The summed E-state index contributed by atoms with van der Waals surface area (Å²) in [5.41, 5.74) is 4.90. The first-order valence-corrected chi connectivity index (χ1v) is 7.75. The molecule has 2 amide bonds. The Kier molecular flexibility index (Phi) is 4.74. The number of nitrogens with one attached hydrogen (secondary N) is 2. The number of carbonyl (C=O) groups excluding carboxylic acids is 2. The van der Waals surface area contributed by atoms with E-state index in [-0.39, 0.29) is 17.5 Å².